The molecule has 3 heteroatoms. The number of hydrogen-bond acceptors (Lipinski definition) is 2. The van der Waals surface area contributed by atoms with E-state index in [0.29, 0.717) is 0 Å². The SMILES string of the molecule is N#CC(=[Se])C#N. The molecule has 0 atom stereocenters. The second-order valence-corrected chi connectivity index (χ2v) is 1.41. The van der Waals surface area contributed by atoms with Crippen molar-refractivity contribution in [3.8, 4) is 12.1 Å². The summed E-state index contributed by atoms with van der Waals surface area (Å²) in [6.45, 7) is 0. The van der Waals surface area contributed by atoms with Crippen LogP contribution in [0.2, 0.25) is 0 Å². The monoisotopic (exact) mass is 144 g/mol. The van der Waals surface area contributed by atoms with Crippen molar-refractivity contribution in [2.75, 3.05) is 0 Å². The van der Waals surface area contributed by atoms with Crippen LogP contribution in [0.3, 0.4) is 0 Å². The Kier molecular flexibility index (Phi) is 2.33. The van der Waals surface area contributed by atoms with Gasteiger partial charge in [0.2, 0.25) is 0 Å². The summed E-state index contributed by atoms with van der Waals surface area (Å²) >= 11 is 2.27. The van der Waals surface area contributed by atoms with Crippen LogP contribution >= 0.6 is 0 Å². The molecule has 0 aromatic carbocycles. The van der Waals surface area contributed by atoms with E-state index in [2.05, 4.69) is 15.6 Å². The van der Waals surface area contributed by atoms with E-state index in [1.54, 1.807) is 12.1 Å². The molecule has 0 aromatic rings. The van der Waals surface area contributed by atoms with Crippen LogP contribution in [0.15, 0.2) is 0 Å². The van der Waals surface area contributed by atoms with Crippen LogP contribution in [0, 0.1) is 22.7 Å². The van der Waals surface area contributed by atoms with Crippen LogP contribution in [-0.2, 0) is 0 Å². The molecule has 0 aliphatic carbocycles. The number of nitriles is 2. The predicted molar refractivity (Wildman–Crippen MR) is 22.0 cm³/mol. The first-order chi connectivity index (χ1) is 2.81. The summed E-state index contributed by atoms with van der Waals surface area (Å²) in [6, 6.07) is 3.23. The van der Waals surface area contributed by atoms with Gasteiger partial charge in [-0.1, -0.05) is 0 Å². The number of rotatable bonds is 0. The molecule has 0 saturated heterocycles. The van der Waals surface area contributed by atoms with Crippen molar-refractivity contribution < 1.29 is 0 Å². The van der Waals surface area contributed by atoms with Crippen LogP contribution in [0.25, 0.3) is 0 Å². The third-order valence-electron chi connectivity index (χ3n) is 0.203. The van der Waals surface area contributed by atoms with E-state index >= 15 is 0 Å². The molecule has 6 heavy (non-hydrogen) atoms. The summed E-state index contributed by atoms with van der Waals surface area (Å²) < 4.78 is 0.0787. The summed E-state index contributed by atoms with van der Waals surface area (Å²) in [5, 5.41) is 15.6. The van der Waals surface area contributed by atoms with E-state index in [4.69, 9.17) is 10.5 Å². The predicted octanol–water partition coefficient (Wildman–Crippen LogP) is -0.626. The minimum atomic E-state index is 0.0787. The fraction of sp³-hybridized carbons (Fsp3) is 0. The van der Waals surface area contributed by atoms with Gasteiger partial charge >= 0.3 is 42.7 Å². The maximum absolute atomic E-state index is 7.79. The first kappa shape index (κ1) is 5.37. The zero-order valence-corrected chi connectivity index (χ0v) is 4.52. The van der Waals surface area contributed by atoms with E-state index in [9.17, 15) is 0 Å². The summed E-state index contributed by atoms with van der Waals surface area (Å²) in [7, 11) is 0. The van der Waals surface area contributed by atoms with Crippen molar-refractivity contribution in [1.82, 2.24) is 0 Å². The zero-order valence-electron chi connectivity index (χ0n) is 2.80. The molecule has 28 valence electrons. The first-order valence-corrected chi connectivity index (χ1v) is 2.01. The van der Waals surface area contributed by atoms with E-state index in [-0.39, 0.29) is 4.42 Å². The van der Waals surface area contributed by atoms with Crippen molar-refractivity contribution in [2.45, 2.75) is 0 Å². The molecule has 0 rings (SSSR count). The van der Waals surface area contributed by atoms with Crippen molar-refractivity contribution in [2.24, 2.45) is 0 Å². The molecule has 0 aliphatic rings. The molecule has 0 fully saturated rings. The van der Waals surface area contributed by atoms with Gasteiger partial charge in [0, 0.05) is 0 Å². The molecule has 0 N–H and O–H groups in total. The summed E-state index contributed by atoms with van der Waals surface area (Å²) in [5.41, 5.74) is 0. The Hall–Kier alpha value is -0.631. The van der Waals surface area contributed by atoms with Gasteiger partial charge in [0.15, 0.2) is 0 Å². The Morgan fingerprint density at radius 1 is 1.33 bits per heavy atom. The normalized spacial score (nSPS) is 5.00. The molecule has 0 heterocycles. The average Bonchev–Trinajstić information content (AvgIpc) is 1.65. The molecule has 0 unspecified atom stereocenters. The molecule has 0 aromatic heterocycles. The van der Waals surface area contributed by atoms with Crippen LogP contribution in [0.4, 0.5) is 0 Å². The molecule has 0 bridgehead atoms. The van der Waals surface area contributed by atoms with Crippen molar-refractivity contribution >= 4 is 20.0 Å². The van der Waals surface area contributed by atoms with Crippen LogP contribution in [-0.4, -0.2) is 20.0 Å². The second-order valence-electron chi connectivity index (χ2n) is 0.553. The minimum absolute atomic E-state index is 0.0787. The standard InChI is InChI=1S/C3N2Se/c4-1-3(6)2-5. The van der Waals surface area contributed by atoms with Crippen molar-refractivity contribution in [3.05, 3.63) is 0 Å². The van der Waals surface area contributed by atoms with Gasteiger partial charge < -0.3 is 0 Å². The fourth-order valence-electron chi connectivity index (χ4n) is 0.0250. The maximum atomic E-state index is 7.79. The van der Waals surface area contributed by atoms with E-state index < -0.39 is 0 Å². The van der Waals surface area contributed by atoms with E-state index in [1.165, 1.54) is 0 Å². The van der Waals surface area contributed by atoms with Gasteiger partial charge in [-0.2, -0.15) is 0 Å². The molecule has 0 aliphatic heterocycles. The first-order valence-electron chi connectivity index (χ1n) is 1.15. The Morgan fingerprint density at radius 2 is 1.67 bits per heavy atom. The van der Waals surface area contributed by atoms with Crippen molar-refractivity contribution in [3.63, 3.8) is 0 Å². The number of hydrogen-bond donors (Lipinski definition) is 0. The Bertz CT molecular complexity index is 120. The van der Waals surface area contributed by atoms with Crippen LogP contribution < -0.4 is 0 Å². The quantitative estimate of drug-likeness (QED) is 0.424. The molecular formula is C3N2Se. The zero-order chi connectivity index (χ0) is 4.99. The van der Waals surface area contributed by atoms with Gasteiger partial charge in [0.1, 0.15) is 0 Å². The summed E-state index contributed by atoms with van der Waals surface area (Å²) in [6.07, 6.45) is 0. The van der Waals surface area contributed by atoms with Gasteiger partial charge in [-0.25, -0.2) is 0 Å². The molecule has 2 nitrogen and oxygen atoms in total. The van der Waals surface area contributed by atoms with Gasteiger partial charge in [0.05, 0.1) is 0 Å². The van der Waals surface area contributed by atoms with E-state index in [0.717, 1.165) is 0 Å². The summed E-state index contributed by atoms with van der Waals surface area (Å²) in [5.74, 6) is 0. The summed E-state index contributed by atoms with van der Waals surface area (Å²) in [4.78, 5) is 0. The molecular weight excluding hydrogens is 143 g/mol. The van der Waals surface area contributed by atoms with Gasteiger partial charge in [-0.15, -0.1) is 0 Å². The second kappa shape index (κ2) is 2.60. The third-order valence-corrected chi connectivity index (χ3v) is 0.586. The van der Waals surface area contributed by atoms with Crippen LogP contribution in [0.1, 0.15) is 0 Å². The fourth-order valence-corrected chi connectivity index (χ4v) is 0.0250. The van der Waals surface area contributed by atoms with Gasteiger partial charge in [-0.3, -0.25) is 0 Å². The Labute approximate surface area is 43.4 Å². The topological polar surface area (TPSA) is 47.6 Å². The van der Waals surface area contributed by atoms with Crippen LogP contribution in [0.5, 0.6) is 0 Å². The van der Waals surface area contributed by atoms with E-state index in [1.807, 2.05) is 0 Å². The van der Waals surface area contributed by atoms with Crippen molar-refractivity contribution in [1.29, 1.82) is 10.5 Å². The third kappa shape index (κ3) is 1.67. The average molecular weight is 143 g/mol. The van der Waals surface area contributed by atoms with Gasteiger partial charge in [-0.05, 0) is 0 Å². The molecule has 0 spiro atoms. The number of nitrogens with zero attached hydrogens (tertiary/aromatic N) is 2. The molecule has 0 radical (unpaired) electrons. The van der Waals surface area contributed by atoms with Gasteiger partial charge in [0.25, 0.3) is 0 Å². The molecule has 0 amide bonds. The molecule has 0 saturated carbocycles. The Balaban J connectivity index is 3.75. The Morgan fingerprint density at radius 3 is 1.67 bits per heavy atom.